The Kier molecular flexibility index (Phi) is 6.49. The van der Waals surface area contributed by atoms with Crippen LogP contribution in [0.5, 0.6) is 0 Å². The summed E-state index contributed by atoms with van der Waals surface area (Å²) in [6, 6.07) is 15.1. The molecule has 0 unspecified atom stereocenters. The minimum Gasteiger partial charge on any atom is -0.463 e. The summed E-state index contributed by atoms with van der Waals surface area (Å²) in [4.78, 5) is 28.1. The Bertz CT molecular complexity index is 1010. The van der Waals surface area contributed by atoms with Gasteiger partial charge in [0.05, 0.1) is 23.4 Å². The summed E-state index contributed by atoms with van der Waals surface area (Å²) < 4.78 is 6.82. The number of nitrogens with zero attached hydrogens (tertiary/aromatic N) is 2. The van der Waals surface area contributed by atoms with Crippen LogP contribution in [0.15, 0.2) is 59.8 Å². The monoisotopic (exact) mass is 395 g/mol. The number of imidazole rings is 1. The predicted molar refractivity (Wildman–Crippen MR) is 112 cm³/mol. The second-order valence-corrected chi connectivity index (χ2v) is 6.93. The van der Waals surface area contributed by atoms with Gasteiger partial charge in [0.1, 0.15) is 0 Å². The zero-order valence-corrected chi connectivity index (χ0v) is 16.5. The average Bonchev–Trinajstić information content (AvgIpc) is 3.02. The number of aromatic nitrogens is 2. The molecule has 1 amide bonds. The van der Waals surface area contributed by atoms with E-state index in [1.807, 2.05) is 48.0 Å². The van der Waals surface area contributed by atoms with E-state index in [0.717, 1.165) is 21.8 Å². The highest BCUT2D eigenvalue weighted by molar-refractivity contribution is 7.99. The Balaban J connectivity index is 1.54. The number of carbonyl (C=O) groups is 2. The molecule has 3 rings (SSSR count). The Morgan fingerprint density at radius 1 is 1.18 bits per heavy atom. The van der Waals surface area contributed by atoms with Crippen LogP contribution < -0.4 is 5.32 Å². The highest BCUT2D eigenvalue weighted by atomic mass is 32.2. The molecule has 1 heterocycles. The van der Waals surface area contributed by atoms with E-state index in [9.17, 15) is 9.59 Å². The average molecular weight is 395 g/mol. The van der Waals surface area contributed by atoms with Gasteiger partial charge in [0.2, 0.25) is 5.91 Å². The van der Waals surface area contributed by atoms with Gasteiger partial charge in [-0.2, -0.15) is 0 Å². The number of hydrogen-bond acceptors (Lipinski definition) is 5. The van der Waals surface area contributed by atoms with Gasteiger partial charge in [0.15, 0.2) is 5.16 Å². The number of nitrogens with one attached hydrogen (secondary N) is 1. The SMILES string of the molecule is CCOC(=O)/C=C/c1ccc(NC(=O)CSc2nc3ccccc3n2C)cc1. The number of esters is 1. The molecule has 6 nitrogen and oxygen atoms in total. The molecule has 3 aromatic rings. The highest BCUT2D eigenvalue weighted by Gasteiger charge is 2.10. The van der Waals surface area contributed by atoms with E-state index in [-0.39, 0.29) is 17.6 Å². The Hall–Kier alpha value is -3.06. The van der Waals surface area contributed by atoms with E-state index in [1.165, 1.54) is 17.8 Å². The normalized spacial score (nSPS) is 11.1. The summed E-state index contributed by atoms with van der Waals surface area (Å²) >= 11 is 1.40. The van der Waals surface area contributed by atoms with E-state index in [4.69, 9.17) is 4.74 Å². The number of para-hydroxylation sites is 2. The van der Waals surface area contributed by atoms with Gasteiger partial charge in [0, 0.05) is 18.8 Å². The number of fused-ring (bicyclic) bond motifs is 1. The molecule has 0 aliphatic rings. The number of aryl methyl sites for hydroxylation is 1. The maximum Gasteiger partial charge on any atom is 0.330 e. The molecular weight excluding hydrogens is 374 g/mol. The van der Waals surface area contributed by atoms with Gasteiger partial charge in [-0.25, -0.2) is 9.78 Å². The third-order valence-electron chi connectivity index (χ3n) is 3.97. The van der Waals surface area contributed by atoms with Crippen molar-refractivity contribution in [1.29, 1.82) is 0 Å². The molecule has 0 radical (unpaired) electrons. The molecule has 0 fully saturated rings. The number of amides is 1. The zero-order chi connectivity index (χ0) is 19.9. The summed E-state index contributed by atoms with van der Waals surface area (Å²) in [7, 11) is 1.94. The largest absolute Gasteiger partial charge is 0.463 e. The fourth-order valence-electron chi connectivity index (χ4n) is 2.61. The lowest BCUT2D eigenvalue weighted by molar-refractivity contribution is -0.137. The van der Waals surface area contributed by atoms with Gasteiger partial charge in [0.25, 0.3) is 0 Å². The lowest BCUT2D eigenvalue weighted by Gasteiger charge is -2.06. The van der Waals surface area contributed by atoms with E-state index in [2.05, 4.69) is 10.3 Å². The summed E-state index contributed by atoms with van der Waals surface area (Å²) in [6.45, 7) is 2.11. The van der Waals surface area contributed by atoms with Crippen LogP contribution in [-0.4, -0.2) is 33.8 Å². The maximum atomic E-state index is 12.2. The highest BCUT2D eigenvalue weighted by Crippen LogP contribution is 2.22. The first-order chi connectivity index (χ1) is 13.6. The Morgan fingerprint density at radius 2 is 1.93 bits per heavy atom. The van der Waals surface area contributed by atoms with Gasteiger partial charge in [-0.1, -0.05) is 36.0 Å². The molecular formula is C21H21N3O3S. The molecule has 0 atom stereocenters. The lowest BCUT2D eigenvalue weighted by atomic mass is 10.2. The van der Waals surface area contributed by atoms with Crippen molar-refractivity contribution in [1.82, 2.24) is 9.55 Å². The first-order valence-electron chi connectivity index (χ1n) is 8.86. The maximum absolute atomic E-state index is 12.2. The molecule has 0 saturated carbocycles. The van der Waals surface area contributed by atoms with Crippen molar-refractivity contribution in [3.63, 3.8) is 0 Å². The predicted octanol–water partition coefficient (Wildman–Crippen LogP) is 3.88. The minimum absolute atomic E-state index is 0.105. The van der Waals surface area contributed by atoms with Crippen molar-refractivity contribution in [2.24, 2.45) is 7.05 Å². The minimum atomic E-state index is -0.376. The number of hydrogen-bond donors (Lipinski definition) is 1. The van der Waals surface area contributed by atoms with Crippen molar-refractivity contribution >= 4 is 46.4 Å². The number of benzene rings is 2. The van der Waals surface area contributed by atoms with Crippen molar-refractivity contribution in [2.45, 2.75) is 12.1 Å². The number of thioether (sulfide) groups is 1. The van der Waals surface area contributed by atoms with E-state index >= 15 is 0 Å². The van der Waals surface area contributed by atoms with Crippen molar-refractivity contribution in [3.05, 3.63) is 60.2 Å². The van der Waals surface area contributed by atoms with Crippen LogP contribution in [0.1, 0.15) is 12.5 Å². The molecule has 1 N–H and O–H groups in total. The second kappa shape index (κ2) is 9.23. The van der Waals surface area contributed by atoms with Crippen LogP contribution in [0.4, 0.5) is 5.69 Å². The molecule has 0 bridgehead atoms. The van der Waals surface area contributed by atoms with Crippen LogP contribution in [-0.2, 0) is 21.4 Å². The molecule has 0 aliphatic heterocycles. The standard InChI is InChI=1S/C21H21N3O3S/c1-3-27-20(26)13-10-15-8-11-16(12-9-15)22-19(25)14-28-21-23-17-6-4-5-7-18(17)24(21)2/h4-13H,3,14H2,1-2H3,(H,22,25)/b13-10+. The molecule has 2 aromatic carbocycles. The summed E-state index contributed by atoms with van der Waals surface area (Å²) in [5.74, 6) is -0.215. The van der Waals surface area contributed by atoms with Crippen molar-refractivity contribution in [2.75, 3.05) is 17.7 Å². The summed E-state index contributed by atoms with van der Waals surface area (Å²) in [6.07, 6.45) is 3.05. The lowest BCUT2D eigenvalue weighted by Crippen LogP contribution is -2.14. The molecule has 28 heavy (non-hydrogen) atoms. The van der Waals surface area contributed by atoms with Crippen molar-refractivity contribution in [3.8, 4) is 0 Å². The molecule has 0 spiro atoms. The van der Waals surface area contributed by atoms with Crippen molar-refractivity contribution < 1.29 is 14.3 Å². The quantitative estimate of drug-likeness (QED) is 0.373. The zero-order valence-electron chi connectivity index (χ0n) is 15.7. The van der Waals surface area contributed by atoms with E-state index in [0.29, 0.717) is 12.3 Å². The van der Waals surface area contributed by atoms with Gasteiger partial charge < -0.3 is 14.6 Å². The third kappa shape index (κ3) is 5.01. The van der Waals surface area contributed by atoms with Crippen LogP contribution in [0.3, 0.4) is 0 Å². The number of carbonyl (C=O) groups excluding carboxylic acids is 2. The van der Waals surface area contributed by atoms with Gasteiger partial charge >= 0.3 is 5.97 Å². The van der Waals surface area contributed by atoms with E-state index in [1.54, 1.807) is 25.1 Å². The fraction of sp³-hybridized carbons (Fsp3) is 0.190. The Labute approximate surface area is 167 Å². The fourth-order valence-corrected chi connectivity index (χ4v) is 3.40. The number of ether oxygens (including phenoxy) is 1. The van der Waals surface area contributed by atoms with E-state index < -0.39 is 0 Å². The molecule has 1 aromatic heterocycles. The Morgan fingerprint density at radius 3 is 2.64 bits per heavy atom. The number of anilines is 1. The van der Waals surface area contributed by atoms with Gasteiger partial charge in [-0.3, -0.25) is 4.79 Å². The molecule has 144 valence electrons. The summed E-state index contributed by atoms with van der Waals surface area (Å²) in [5.41, 5.74) is 3.50. The topological polar surface area (TPSA) is 73.2 Å². The third-order valence-corrected chi connectivity index (χ3v) is 5.00. The molecule has 0 saturated heterocycles. The summed E-state index contributed by atoms with van der Waals surface area (Å²) in [5, 5.41) is 3.67. The van der Waals surface area contributed by atoms with Gasteiger partial charge in [-0.15, -0.1) is 0 Å². The first-order valence-corrected chi connectivity index (χ1v) is 9.84. The van der Waals surface area contributed by atoms with Gasteiger partial charge in [-0.05, 0) is 42.8 Å². The molecule has 0 aliphatic carbocycles. The molecule has 7 heteroatoms. The van der Waals surface area contributed by atoms with Crippen LogP contribution in [0.25, 0.3) is 17.1 Å². The number of rotatable bonds is 7. The van der Waals surface area contributed by atoms with Crippen LogP contribution in [0.2, 0.25) is 0 Å². The van der Waals surface area contributed by atoms with Crippen LogP contribution in [0, 0.1) is 0 Å². The second-order valence-electron chi connectivity index (χ2n) is 5.99. The first kappa shape index (κ1) is 19.7. The van der Waals surface area contributed by atoms with Crippen LogP contribution >= 0.6 is 11.8 Å². The smallest absolute Gasteiger partial charge is 0.330 e.